The molecule has 11 rings (SSSR count). The summed E-state index contributed by atoms with van der Waals surface area (Å²) >= 11 is 0. The molecule has 8 aromatic carbocycles. The van der Waals surface area contributed by atoms with Crippen LogP contribution >= 0.6 is 0 Å². The summed E-state index contributed by atoms with van der Waals surface area (Å²) in [4.78, 5) is 9.70. The van der Waals surface area contributed by atoms with Gasteiger partial charge in [-0.25, -0.2) is 4.98 Å². The SMILES string of the molecule is [2H]c1nc(-n2c3ccccc3c3ccc(Oc4cccc(N5CN(c6c(-c7ccccc7)cccc6-c6ccccc6)c6ccccc65)c4)cc32)c([2H])c(C)c1-c1c(C)cc(C)cc1C. The van der Waals surface area contributed by atoms with Crippen LogP contribution in [0.1, 0.15) is 25.0 Å². The third-order valence-corrected chi connectivity index (χ3v) is 12.3. The van der Waals surface area contributed by atoms with E-state index in [9.17, 15) is 2.74 Å². The molecule has 304 valence electrons. The normalized spacial score (nSPS) is 12.8. The van der Waals surface area contributed by atoms with Crippen LogP contribution in [0.4, 0.5) is 22.7 Å². The minimum atomic E-state index is 0.153. The standard InChI is InChI=1S/C58H46N4O/c1-38-31-40(3)57(41(4)32-38)51-36-59-56(33-39(51)2)62-52-26-12-11-23-49(52)50-30-29-46(35-55(50)62)63-45-22-15-21-44(34-45)60-37-61(54-28-14-13-27-53(54)60)58-47(42-17-7-5-8-18-42)24-16-25-48(58)43-19-9-6-10-20-43/h5-36H,37H2,1-4H3/i33D,36D. The molecule has 0 spiro atoms. The molecule has 2 aromatic heterocycles. The van der Waals surface area contributed by atoms with E-state index in [1.165, 1.54) is 16.7 Å². The number of hydrogen-bond donors (Lipinski definition) is 0. The van der Waals surface area contributed by atoms with Crippen molar-refractivity contribution in [2.45, 2.75) is 27.7 Å². The van der Waals surface area contributed by atoms with Crippen LogP contribution in [0.5, 0.6) is 11.5 Å². The van der Waals surface area contributed by atoms with Crippen LogP contribution in [0.3, 0.4) is 0 Å². The Balaban J connectivity index is 0.977. The van der Waals surface area contributed by atoms with E-state index in [1.807, 2.05) is 47.9 Å². The van der Waals surface area contributed by atoms with Crippen molar-refractivity contribution in [1.82, 2.24) is 9.55 Å². The molecule has 0 N–H and O–H groups in total. The molecule has 63 heavy (non-hydrogen) atoms. The molecule has 3 heterocycles. The Morgan fingerprint density at radius 1 is 0.508 bits per heavy atom. The third kappa shape index (κ3) is 6.70. The lowest BCUT2D eigenvalue weighted by atomic mass is 9.92. The van der Waals surface area contributed by atoms with E-state index in [4.69, 9.17) is 9.72 Å². The zero-order valence-electron chi connectivity index (χ0n) is 37.7. The molecular weight excluding hydrogens is 769 g/mol. The monoisotopic (exact) mass is 816 g/mol. The highest BCUT2D eigenvalue weighted by Gasteiger charge is 2.31. The Bertz CT molecular complexity index is 3390. The molecule has 0 atom stereocenters. The van der Waals surface area contributed by atoms with Crippen molar-refractivity contribution in [3.05, 3.63) is 216 Å². The van der Waals surface area contributed by atoms with Gasteiger partial charge in [-0.05, 0) is 110 Å². The van der Waals surface area contributed by atoms with Crippen molar-refractivity contribution in [1.29, 1.82) is 0 Å². The minimum absolute atomic E-state index is 0.153. The molecule has 10 aromatic rings. The largest absolute Gasteiger partial charge is 0.457 e. The van der Waals surface area contributed by atoms with Gasteiger partial charge in [0.1, 0.15) is 24.0 Å². The summed E-state index contributed by atoms with van der Waals surface area (Å²) in [5.41, 5.74) is 16.6. The predicted molar refractivity (Wildman–Crippen MR) is 262 cm³/mol. The second kappa shape index (κ2) is 15.5. The average molecular weight is 817 g/mol. The zero-order valence-corrected chi connectivity index (χ0v) is 35.7. The van der Waals surface area contributed by atoms with E-state index in [0.29, 0.717) is 35.6 Å². The quantitative estimate of drug-likeness (QED) is 0.153. The Kier molecular flexibility index (Phi) is 8.84. The molecule has 0 saturated carbocycles. The number of aryl methyl sites for hydroxylation is 3. The summed E-state index contributed by atoms with van der Waals surface area (Å²) in [6, 6.07) is 63.7. The van der Waals surface area contributed by atoms with Crippen LogP contribution in [-0.2, 0) is 0 Å². The van der Waals surface area contributed by atoms with Crippen LogP contribution < -0.4 is 14.5 Å². The molecule has 0 unspecified atom stereocenters. The highest BCUT2D eigenvalue weighted by Crippen LogP contribution is 2.50. The molecule has 0 fully saturated rings. The summed E-state index contributed by atoms with van der Waals surface area (Å²) in [5.74, 6) is 1.78. The lowest BCUT2D eigenvalue weighted by molar-refractivity contribution is 0.483. The molecule has 0 bridgehead atoms. The number of para-hydroxylation sites is 4. The minimum Gasteiger partial charge on any atom is -0.457 e. The number of ether oxygens (including phenoxy) is 1. The predicted octanol–water partition coefficient (Wildman–Crippen LogP) is 15.5. The first kappa shape index (κ1) is 35.8. The van der Waals surface area contributed by atoms with Gasteiger partial charge in [-0.3, -0.25) is 4.57 Å². The van der Waals surface area contributed by atoms with Crippen molar-refractivity contribution in [3.63, 3.8) is 0 Å². The van der Waals surface area contributed by atoms with Gasteiger partial charge in [-0.15, -0.1) is 0 Å². The van der Waals surface area contributed by atoms with Crippen molar-refractivity contribution < 1.29 is 7.48 Å². The number of benzene rings is 8. The van der Waals surface area contributed by atoms with Gasteiger partial charge in [-0.2, -0.15) is 0 Å². The van der Waals surface area contributed by atoms with Gasteiger partial charge in [0, 0.05) is 51.5 Å². The Hall–Kier alpha value is -7.89. The fraction of sp³-hybridized carbons (Fsp3) is 0.0862. The Labute approximate surface area is 371 Å². The van der Waals surface area contributed by atoms with Gasteiger partial charge >= 0.3 is 0 Å². The number of rotatable bonds is 8. The highest BCUT2D eigenvalue weighted by atomic mass is 16.5. The number of nitrogens with zero attached hydrogens (tertiary/aromatic N) is 4. The second-order valence-electron chi connectivity index (χ2n) is 16.5. The summed E-state index contributed by atoms with van der Waals surface area (Å²) in [6.45, 7) is 8.77. The van der Waals surface area contributed by atoms with Crippen molar-refractivity contribution in [2.75, 3.05) is 16.5 Å². The van der Waals surface area contributed by atoms with Gasteiger partial charge in [-0.1, -0.05) is 133 Å². The maximum Gasteiger partial charge on any atom is 0.137 e. The Morgan fingerprint density at radius 3 is 1.83 bits per heavy atom. The van der Waals surface area contributed by atoms with Crippen LogP contribution in [-0.4, -0.2) is 16.2 Å². The van der Waals surface area contributed by atoms with Gasteiger partial charge < -0.3 is 14.5 Å². The highest BCUT2D eigenvalue weighted by molar-refractivity contribution is 6.09. The maximum absolute atomic E-state index is 9.56. The molecule has 5 nitrogen and oxygen atoms in total. The van der Waals surface area contributed by atoms with E-state index in [0.717, 1.165) is 77.9 Å². The number of pyridine rings is 1. The average Bonchev–Trinajstić information content (AvgIpc) is 3.87. The summed E-state index contributed by atoms with van der Waals surface area (Å²) in [5, 5.41) is 2.05. The summed E-state index contributed by atoms with van der Waals surface area (Å²) in [6.07, 6.45) is 0.153. The van der Waals surface area contributed by atoms with E-state index in [2.05, 4.69) is 176 Å². The van der Waals surface area contributed by atoms with E-state index < -0.39 is 0 Å². The lowest BCUT2D eigenvalue weighted by Crippen LogP contribution is -2.24. The molecule has 0 radical (unpaired) electrons. The van der Waals surface area contributed by atoms with Crippen LogP contribution in [0.15, 0.2) is 194 Å². The van der Waals surface area contributed by atoms with Crippen LogP contribution in [0.2, 0.25) is 0 Å². The van der Waals surface area contributed by atoms with Crippen LogP contribution in [0, 0.1) is 27.7 Å². The first-order valence-electron chi connectivity index (χ1n) is 22.5. The van der Waals surface area contributed by atoms with Gasteiger partial charge in [0.25, 0.3) is 0 Å². The lowest BCUT2D eigenvalue weighted by Gasteiger charge is -2.27. The van der Waals surface area contributed by atoms with Gasteiger partial charge in [0.15, 0.2) is 0 Å². The second-order valence-corrected chi connectivity index (χ2v) is 16.5. The van der Waals surface area contributed by atoms with Gasteiger partial charge in [0.05, 0.1) is 30.8 Å². The van der Waals surface area contributed by atoms with Crippen LogP contribution in [0.25, 0.3) is 61.0 Å². The maximum atomic E-state index is 9.56. The molecule has 1 aliphatic rings. The fourth-order valence-electron chi connectivity index (χ4n) is 9.63. The van der Waals surface area contributed by atoms with Gasteiger partial charge in [0.2, 0.25) is 0 Å². The first-order valence-corrected chi connectivity index (χ1v) is 21.5. The first-order chi connectivity index (χ1) is 31.7. The smallest absolute Gasteiger partial charge is 0.137 e. The van der Waals surface area contributed by atoms with E-state index >= 15 is 0 Å². The summed E-state index contributed by atoms with van der Waals surface area (Å²) < 4.78 is 27.6. The number of aromatic nitrogens is 2. The van der Waals surface area contributed by atoms with E-state index in [-0.39, 0.29) is 6.17 Å². The molecule has 1 aliphatic heterocycles. The van der Waals surface area contributed by atoms with E-state index in [1.54, 1.807) is 0 Å². The Morgan fingerprint density at radius 2 is 1.11 bits per heavy atom. The topological polar surface area (TPSA) is 33.5 Å². The summed E-state index contributed by atoms with van der Waals surface area (Å²) in [7, 11) is 0. The van der Waals surface area contributed by atoms with Crippen molar-refractivity contribution >= 4 is 44.6 Å². The third-order valence-electron chi connectivity index (χ3n) is 12.3. The number of hydrogen-bond acceptors (Lipinski definition) is 4. The molecule has 0 saturated heterocycles. The molecular formula is C58H46N4O. The van der Waals surface area contributed by atoms with Crippen molar-refractivity contribution in [2.24, 2.45) is 0 Å². The molecule has 5 heteroatoms. The molecule has 0 amide bonds. The van der Waals surface area contributed by atoms with Crippen molar-refractivity contribution in [3.8, 4) is 50.7 Å². The fourth-order valence-corrected chi connectivity index (χ4v) is 9.63. The number of anilines is 4. The zero-order chi connectivity index (χ0) is 44.3. The number of fused-ring (bicyclic) bond motifs is 4. The molecule has 0 aliphatic carbocycles.